The molecule has 3 rings (SSSR count). The fraction of sp³-hybridized carbons (Fsp3) is 0.0588. The third-order valence-electron chi connectivity index (χ3n) is 3.43. The molecule has 0 saturated carbocycles. The molecule has 0 radical (unpaired) electrons. The van der Waals surface area contributed by atoms with Crippen molar-refractivity contribution in [2.24, 2.45) is 0 Å². The van der Waals surface area contributed by atoms with Crippen LogP contribution in [-0.2, 0) is 11.2 Å². The minimum Gasteiger partial charge on any atom is -0.360 e. The molecule has 5 nitrogen and oxygen atoms in total. The number of hydrazine groups is 1. The van der Waals surface area contributed by atoms with E-state index >= 15 is 0 Å². The summed E-state index contributed by atoms with van der Waals surface area (Å²) in [6.45, 7) is 0. The molecule has 2 aromatic carbocycles. The largest absolute Gasteiger partial charge is 0.360 e. The second-order valence-electron chi connectivity index (χ2n) is 5.05. The van der Waals surface area contributed by atoms with Crippen LogP contribution >= 0.6 is 11.6 Å². The molecule has 2 amide bonds. The van der Waals surface area contributed by atoms with Crippen molar-refractivity contribution in [3.8, 4) is 0 Å². The van der Waals surface area contributed by atoms with Crippen LogP contribution in [0.3, 0.4) is 0 Å². The van der Waals surface area contributed by atoms with Crippen molar-refractivity contribution in [2.75, 3.05) is 0 Å². The molecular formula is C17H14ClN3O2. The van der Waals surface area contributed by atoms with E-state index in [9.17, 15) is 9.59 Å². The van der Waals surface area contributed by atoms with Crippen LogP contribution in [0, 0.1) is 0 Å². The molecule has 1 heterocycles. The molecule has 0 atom stereocenters. The Kier molecular flexibility index (Phi) is 4.30. The van der Waals surface area contributed by atoms with E-state index in [2.05, 4.69) is 15.8 Å². The number of carbonyl (C=O) groups is 2. The number of carbonyl (C=O) groups excluding carboxylic acids is 2. The predicted molar refractivity (Wildman–Crippen MR) is 89.1 cm³/mol. The Balaban J connectivity index is 1.60. The number of aromatic amines is 1. The van der Waals surface area contributed by atoms with Crippen molar-refractivity contribution in [3.05, 3.63) is 70.9 Å². The summed E-state index contributed by atoms with van der Waals surface area (Å²) in [5, 5.41) is 1.42. The molecule has 3 aromatic rings. The Morgan fingerprint density at radius 3 is 2.52 bits per heavy atom. The highest BCUT2D eigenvalue weighted by Crippen LogP contribution is 2.17. The maximum absolute atomic E-state index is 12.2. The Morgan fingerprint density at radius 2 is 1.74 bits per heavy atom. The third-order valence-corrected chi connectivity index (χ3v) is 3.68. The Morgan fingerprint density at radius 1 is 1.00 bits per heavy atom. The molecule has 23 heavy (non-hydrogen) atoms. The van der Waals surface area contributed by atoms with Gasteiger partial charge < -0.3 is 4.98 Å². The first-order chi connectivity index (χ1) is 11.1. The lowest BCUT2D eigenvalue weighted by atomic mass is 10.1. The molecule has 3 N–H and O–H groups in total. The molecule has 116 valence electrons. The van der Waals surface area contributed by atoms with Crippen LogP contribution in [0.25, 0.3) is 10.9 Å². The number of nitrogens with one attached hydrogen (secondary N) is 3. The monoisotopic (exact) mass is 327 g/mol. The summed E-state index contributed by atoms with van der Waals surface area (Å²) in [6.07, 6.45) is 1.77. The lowest BCUT2D eigenvalue weighted by Gasteiger charge is -2.07. The van der Waals surface area contributed by atoms with Gasteiger partial charge in [-0.2, -0.15) is 0 Å². The number of H-pyrrole nitrogens is 1. The summed E-state index contributed by atoms with van der Waals surface area (Å²) in [6, 6.07) is 14.4. The highest BCUT2D eigenvalue weighted by atomic mass is 35.5. The van der Waals surface area contributed by atoms with E-state index in [0.29, 0.717) is 10.6 Å². The summed E-state index contributed by atoms with van der Waals surface area (Å²) in [4.78, 5) is 27.0. The number of aromatic nitrogens is 1. The van der Waals surface area contributed by atoms with Gasteiger partial charge in [-0.25, -0.2) is 0 Å². The normalized spacial score (nSPS) is 10.5. The first kappa shape index (κ1) is 15.1. The minimum absolute atomic E-state index is 0.158. The van der Waals surface area contributed by atoms with Crippen molar-refractivity contribution in [3.63, 3.8) is 0 Å². The summed E-state index contributed by atoms with van der Waals surface area (Å²) < 4.78 is 0. The van der Waals surface area contributed by atoms with E-state index in [0.717, 1.165) is 16.5 Å². The lowest BCUT2D eigenvalue weighted by molar-refractivity contribution is -0.121. The molecule has 1 aromatic heterocycles. The van der Waals surface area contributed by atoms with Gasteiger partial charge in [0.2, 0.25) is 5.91 Å². The number of hydrogen-bond donors (Lipinski definition) is 3. The highest BCUT2D eigenvalue weighted by Gasteiger charge is 2.12. The number of amides is 2. The molecule has 0 aliphatic rings. The van der Waals surface area contributed by atoms with Gasteiger partial charge in [0.05, 0.1) is 12.0 Å². The number of para-hydroxylation sites is 1. The van der Waals surface area contributed by atoms with Crippen LogP contribution in [0.2, 0.25) is 5.02 Å². The second kappa shape index (κ2) is 6.54. The number of benzene rings is 2. The van der Waals surface area contributed by atoms with Gasteiger partial charge in [-0.1, -0.05) is 41.9 Å². The number of fused-ring (bicyclic) bond motifs is 1. The van der Waals surface area contributed by atoms with Crippen LogP contribution in [0.1, 0.15) is 15.9 Å². The van der Waals surface area contributed by atoms with Gasteiger partial charge in [0, 0.05) is 22.1 Å². The molecule has 0 unspecified atom stereocenters. The van der Waals surface area contributed by atoms with Gasteiger partial charge in [0.25, 0.3) is 5.91 Å². The zero-order chi connectivity index (χ0) is 16.2. The molecule has 0 spiro atoms. The molecule has 0 saturated heterocycles. The molecule has 0 aliphatic heterocycles. The van der Waals surface area contributed by atoms with Gasteiger partial charge in [0.15, 0.2) is 0 Å². The summed E-state index contributed by atoms with van der Waals surface area (Å²) in [5.74, 6) is -0.674. The van der Waals surface area contributed by atoms with Gasteiger partial charge in [0.1, 0.15) is 0 Å². The summed E-state index contributed by atoms with van der Waals surface area (Å²) >= 11 is 5.80. The predicted octanol–water partition coefficient (Wildman–Crippen LogP) is 2.83. The SMILES string of the molecule is O=C(Cc1ccc(Cl)cc1)NNC(=O)c1c[nH]c2ccccc12. The zero-order valence-electron chi connectivity index (χ0n) is 12.1. The van der Waals surface area contributed by atoms with E-state index < -0.39 is 0 Å². The smallest absolute Gasteiger partial charge is 0.271 e. The lowest BCUT2D eigenvalue weighted by Crippen LogP contribution is -2.42. The number of hydrogen-bond acceptors (Lipinski definition) is 2. The highest BCUT2D eigenvalue weighted by molar-refractivity contribution is 6.30. The number of rotatable bonds is 3. The van der Waals surface area contributed by atoms with Crippen molar-refractivity contribution in [1.29, 1.82) is 0 Å². The minimum atomic E-state index is -0.369. The van der Waals surface area contributed by atoms with Crippen LogP contribution in [0.15, 0.2) is 54.7 Å². The summed E-state index contributed by atoms with van der Waals surface area (Å²) in [7, 11) is 0. The van der Waals surface area contributed by atoms with E-state index in [-0.39, 0.29) is 18.2 Å². The fourth-order valence-corrected chi connectivity index (χ4v) is 2.41. The van der Waals surface area contributed by atoms with Crippen molar-refractivity contribution in [1.82, 2.24) is 15.8 Å². The standard InChI is InChI=1S/C17H14ClN3O2/c18-12-7-5-11(6-8-12)9-16(22)20-21-17(23)14-10-19-15-4-2-1-3-13(14)15/h1-8,10,19H,9H2,(H,20,22)(H,21,23). The first-order valence-corrected chi connectivity index (χ1v) is 7.41. The van der Waals surface area contributed by atoms with Crippen LogP contribution in [0.4, 0.5) is 0 Å². The molecular weight excluding hydrogens is 314 g/mol. The Bertz CT molecular complexity index is 856. The van der Waals surface area contributed by atoms with Crippen LogP contribution in [0.5, 0.6) is 0 Å². The molecule has 0 aliphatic carbocycles. The van der Waals surface area contributed by atoms with Gasteiger partial charge in [-0.3, -0.25) is 20.4 Å². The van der Waals surface area contributed by atoms with Crippen molar-refractivity contribution >= 4 is 34.3 Å². The maximum atomic E-state index is 12.2. The zero-order valence-corrected chi connectivity index (χ0v) is 12.9. The summed E-state index contributed by atoms with van der Waals surface area (Å²) in [5.41, 5.74) is 7.00. The van der Waals surface area contributed by atoms with Crippen molar-refractivity contribution in [2.45, 2.75) is 6.42 Å². The Labute approximate surface area is 137 Å². The van der Waals surface area contributed by atoms with E-state index in [1.54, 1.807) is 30.5 Å². The third kappa shape index (κ3) is 3.52. The molecule has 0 bridgehead atoms. The van der Waals surface area contributed by atoms with Crippen LogP contribution < -0.4 is 10.9 Å². The molecule has 0 fully saturated rings. The van der Waals surface area contributed by atoms with Crippen molar-refractivity contribution < 1.29 is 9.59 Å². The second-order valence-corrected chi connectivity index (χ2v) is 5.49. The van der Waals surface area contributed by atoms with Crippen LogP contribution in [-0.4, -0.2) is 16.8 Å². The van der Waals surface area contributed by atoms with E-state index in [4.69, 9.17) is 11.6 Å². The maximum Gasteiger partial charge on any atom is 0.271 e. The molecule has 6 heteroatoms. The van der Waals surface area contributed by atoms with Gasteiger partial charge >= 0.3 is 0 Å². The van der Waals surface area contributed by atoms with Gasteiger partial charge in [-0.15, -0.1) is 0 Å². The Hall–Kier alpha value is -2.79. The quantitative estimate of drug-likeness (QED) is 0.647. The fourth-order valence-electron chi connectivity index (χ4n) is 2.29. The average Bonchev–Trinajstić information content (AvgIpc) is 2.99. The average molecular weight is 328 g/mol. The topological polar surface area (TPSA) is 74.0 Å². The first-order valence-electron chi connectivity index (χ1n) is 7.03. The van der Waals surface area contributed by atoms with E-state index in [1.807, 2.05) is 24.3 Å². The van der Waals surface area contributed by atoms with E-state index in [1.165, 1.54) is 0 Å². The number of halogens is 1. The van der Waals surface area contributed by atoms with Gasteiger partial charge in [-0.05, 0) is 23.8 Å².